The monoisotopic (exact) mass is 204 g/mol. The smallest absolute Gasteiger partial charge is 0.0366 e. The summed E-state index contributed by atoms with van der Waals surface area (Å²) in [6.07, 6.45) is 2.67. The van der Waals surface area contributed by atoms with E-state index in [1.165, 1.54) is 37.2 Å². The summed E-state index contributed by atoms with van der Waals surface area (Å²) in [5.74, 6) is 0.470. The SMILES string of the molecule is CC(CN)c1ccc(N2CCCC2)cc1. The van der Waals surface area contributed by atoms with Crippen LogP contribution in [0.25, 0.3) is 0 Å². The molecule has 82 valence electrons. The van der Waals surface area contributed by atoms with Gasteiger partial charge in [-0.3, -0.25) is 0 Å². The van der Waals surface area contributed by atoms with Crippen molar-refractivity contribution in [3.8, 4) is 0 Å². The third-order valence-electron chi connectivity index (χ3n) is 3.29. The van der Waals surface area contributed by atoms with E-state index in [2.05, 4.69) is 36.1 Å². The maximum Gasteiger partial charge on any atom is 0.0366 e. The van der Waals surface area contributed by atoms with Gasteiger partial charge in [-0.25, -0.2) is 0 Å². The number of hydrogen-bond donors (Lipinski definition) is 1. The minimum absolute atomic E-state index is 0.470. The molecule has 1 atom stereocenters. The Kier molecular flexibility index (Phi) is 3.27. The number of anilines is 1. The molecule has 0 bridgehead atoms. The average Bonchev–Trinajstić information content (AvgIpc) is 2.82. The molecule has 2 heteroatoms. The first-order chi connectivity index (χ1) is 7.31. The summed E-state index contributed by atoms with van der Waals surface area (Å²) in [5.41, 5.74) is 8.36. The Morgan fingerprint density at radius 2 is 1.80 bits per heavy atom. The molecule has 0 aromatic heterocycles. The van der Waals surface area contributed by atoms with Crippen molar-refractivity contribution in [2.45, 2.75) is 25.7 Å². The van der Waals surface area contributed by atoms with Crippen molar-refractivity contribution in [3.63, 3.8) is 0 Å². The second-order valence-electron chi connectivity index (χ2n) is 4.42. The van der Waals surface area contributed by atoms with Crippen LogP contribution in [0.1, 0.15) is 31.2 Å². The zero-order valence-electron chi connectivity index (χ0n) is 9.45. The normalized spacial score (nSPS) is 18.1. The van der Waals surface area contributed by atoms with E-state index in [4.69, 9.17) is 5.73 Å². The molecule has 1 saturated heterocycles. The van der Waals surface area contributed by atoms with Crippen molar-refractivity contribution in [1.29, 1.82) is 0 Å². The minimum Gasteiger partial charge on any atom is -0.372 e. The third-order valence-corrected chi connectivity index (χ3v) is 3.29. The maximum atomic E-state index is 5.65. The van der Waals surface area contributed by atoms with Crippen LogP contribution in [-0.2, 0) is 0 Å². The average molecular weight is 204 g/mol. The predicted octanol–water partition coefficient (Wildman–Crippen LogP) is 2.35. The molecule has 0 aliphatic carbocycles. The number of benzene rings is 1. The molecular weight excluding hydrogens is 184 g/mol. The van der Waals surface area contributed by atoms with Crippen molar-refractivity contribution < 1.29 is 0 Å². The van der Waals surface area contributed by atoms with Crippen molar-refractivity contribution in [2.24, 2.45) is 5.73 Å². The van der Waals surface area contributed by atoms with Crippen LogP contribution < -0.4 is 10.6 Å². The topological polar surface area (TPSA) is 29.3 Å². The highest BCUT2D eigenvalue weighted by atomic mass is 15.1. The van der Waals surface area contributed by atoms with Crippen LogP contribution in [0.5, 0.6) is 0 Å². The van der Waals surface area contributed by atoms with Gasteiger partial charge in [0.2, 0.25) is 0 Å². The fourth-order valence-corrected chi connectivity index (χ4v) is 2.13. The van der Waals surface area contributed by atoms with Crippen LogP contribution in [0.2, 0.25) is 0 Å². The van der Waals surface area contributed by atoms with Crippen LogP contribution in [0.4, 0.5) is 5.69 Å². The molecule has 1 fully saturated rings. The van der Waals surface area contributed by atoms with Gasteiger partial charge < -0.3 is 10.6 Å². The lowest BCUT2D eigenvalue weighted by molar-refractivity contribution is 0.774. The Hall–Kier alpha value is -1.02. The third kappa shape index (κ3) is 2.32. The molecule has 2 nitrogen and oxygen atoms in total. The van der Waals surface area contributed by atoms with E-state index < -0.39 is 0 Å². The van der Waals surface area contributed by atoms with Gasteiger partial charge in [-0.05, 0) is 43.0 Å². The maximum absolute atomic E-state index is 5.65. The van der Waals surface area contributed by atoms with E-state index in [-0.39, 0.29) is 0 Å². The molecule has 0 spiro atoms. The van der Waals surface area contributed by atoms with Crippen LogP contribution >= 0.6 is 0 Å². The molecule has 2 N–H and O–H groups in total. The molecule has 0 saturated carbocycles. The Labute approximate surface area is 92.1 Å². The van der Waals surface area contributed by atoms with Gasteiger partial charge in [0.05, 0.1) is 0 Å². The highest BCUT2D eigenvalue weighted by molar-refractivity contribution is 5.48. The number of rotatable bonds is 3. The van der Waals surface area contributed by atoms with Gasteiger partial charge in [0, 0.05) is 18.8 Å². The molecule has 1 aliphatic heterocycles. The zero-order valence-corrected chi connectivity index (χ0v) is 9.45. The van der Waals surface area contributed by atoms with E-state index in [9.17, 15) is 0 Å². The fraction of sp³-hybridized carbons (Fsp3) is 0.538. The first-order valence-corrected chi connectivity index (χ1v) is 5.86. The highest BCUT2D eigenvalue weighted by Crippen LogP contribution is 2.22. The van der Waals surface area contributed by atoms with Gasteiger partial charge in [-0.15, -0.1) is 0 Å². The van der Waals surface area contributed by atoms with E-state index in [0.29, 0.717) is 5.92 Å². The summed E-state index contributed by atoms with van der Waals surface area (Å²) in [6, 6.07) is 8.88. The van der Waals surface area contributed by atoms with Crippen LogP contribution in [-0.4, -0.2) is 19.6 Å². The van der Waals surface area contributed by atoms with Crippen LogP contribution in [0.15, 0.2) is 24.3 Å². The van der Waals surface area contributed by atoms with Gasteiger partial charge in [-0.1, -0.05) is 19.1 Å². The second-order valence-corrected chi connectivity index (χ2v) is 4.42. The van der Waals surface area contributed by atoms with Crippen LogP contribution in [0.3, 0.4) is 0 Å². The van der Waals surface area contributed by atoms with E-state index in [1.54, 1.807) is 0 Å². The molecule has 1 unspecified atom stereocenters. The Morgan fingerprint density at radius 1 is 1.20 bits per heavy atom. The summed E-state index contributed by atoms with van der Waals surface area (Å²) < 4.78 is 0. The Morgan fingerprint density at radius 3 is 2.33 bits per heavy atom. The number of nitrogens with zero attached hydrogens (tertiary/aromatic N) is 1. The minimum atomic E-state index is 0.470. The number of nitrogens with two attached hydrogens (primary N) is 1. The van der Waals surface area contributed by atoms with Gasteiger partial charge in [0.15, 0.2) is 0 Å². The predicted molar refractivity (Wildman–Crippen MR) is 65.4 cm³/mol. The Bertz CT molecular complexity index is 299. The van der Waals surface area contributed by atoms with E-state index in [0.717, 1.165) is 6.54 Å². The van der Waals surface area contributed by atoms with Crippen molar-refractivity contribution in [3.05, 3.63) is 29.8 Å². The summed E-state index contributed by atoms with van der Waals surface area (Å²) >= 11 is 0. The summed E-state index contributed by atoms with van der Waals surface area (Å²) in [5, 5.41) is 0. The fourth-order valence-electron chi connectivity index (χ4n) is 2.13. The molecule has 1 heterocycles. The summed E-state index contributed by atoms with van der Waals surface area (Å²) in [7, 11) is 0. The van der Waals surface area contributed by atoms with Gasteiger partial charge in [0.25, 0.3) is 0 Å². The second kappa shape index (κ2) is 4.67. The van der Waals surface area contributed by atoms with E-state index >= 15 is 0 Å². The lowest BCUT2D eigenvalue weighted by Gasteiger charge is -2.18. The molecule has 15 heavy (non-hydrogen) atoms. The van der Waals surface area contributed by atoms with Gasteiger partial charge in [-0.2, -0.15) is 0 Å². The number of hydrogen-bond acceptors (Lipinski definition) is 2. The summed E-state index contributed by atoms with van der Waals surface area (Å²) in [6.45, 7) is 5.32. The molecule has 2 rings (SSSR count). The molecule has 0 amide bonds. The van der Waals surface area contributed by atoms with Crippen LogP contribution in [0, 0.1) is 0 Å². The van der Waals surface area contributed by atoms with Crippen molar-refractivity contribution in [1.82, 2.24) is 0 Å². The largest absolute Gasteiger partial charge is 0.372 e. The summed E-state index contributed by atoms with van der Waals surface area (Å²) in [4.78, 5) is 2.46. The van der Waals surface area contributed by atoms with Gasteiger partial charge >= 0.3 is 0 Å². The molecule has 0 radical (unpaired) electrons. The molecular formula is C13H20N2. The quantitative estimate of drug-likeness (QED) is 0.819. The zero-order chi connectivity index (χ0) is 10.7. The van der Waals surface area contributed by atoms with Crippen molar-refractivity contribution in [2.75, 3.05) is 24.5 Å². The highest BCUT2D eigenvalue weighted by Gasteiger charge is 2.12. The first kappa shape index (κ1) is 10.5. The Balaban J connectivity index is 2.09. The molecule has 1 aliphatic rings. The van der Waals surface area contributed by atoms with Crippen molar-refractivity contribution >= 4 is 5.69 Å². The van der Waals surface area contributed by atoms with Gasteiger partial charge in [0.1, 0.15) is 0 Å². The molecule has 1 aromatic rings. The lowest BCUT2D eigenvalue weighted by atomic mass is 10.0. The standard InChI is InChI=1S/C13H20N2/c1-11(10-14)12-4-6-13(7-5-12)15-8-2-3-9-15/h4-7,11H,2-3,8-10,14H2,1H3. The molecule has 1 aromatic carbocycles. The lowest BCUT2D eigenvalue weighted by Crippen LogP contribution is -2.17. The first-order valence-electron chi connectivity index (χ1n) is 5.86. The van der Waals surface area contributed by atoms with E-state index in [1.807, 2.05) is 0 Å².